The van der Waals surface area contributed by atoms with Crippen LogP contribution in [0.1, 0.15) is 24.2 Å². The maximum Gasteiger partial charge on any atom is 0.256 e. The van der Waals surface area contributed by atoms with Gasteiger partial charge in [0.15, 0.2) is 0 Å². The van der Waals surface area contributed by atoms with Gasteiger partial charge in [-0.2, -0.15) is 0 Å². The number of hydrogen-bond donors (Lipinski definition) is 1. The predicted molar refractivity (Wildman–Crippen MR) is 77.0 cm³/mol. The quantitative estimate of drug-likeness (QED) is 0.709. The Morgan fingerprint density at radius 3 is 2.24 bits per heavy atom. The van der Waals surface area contributed by atoms with Gasteiger partial charge in [0.05, 0.1) is 18.8 Å². The second-order valence-corrected chi connectivity index (χ2v) is 4.35. The molecule has 1 amide bonds. The highest BCUT2D eigenvalue weighted by molar-refractivity contribution is 5.94. The van der Waals surface area contributed by atoms with E-state index in [0.29, 0.717) is 39.5 Å². The minimum atomic E-state index is -0.738. The van der Waals surface area contributed by atoms with Crippen molar-refractivity contribution in [2.45, 2.75) is 13.8 Å². The lowest BCUT2D eigenvalue weighted by Crippen LogP contribution is -2.37. The van der Waals surface area contributed by atoms with Gasteiger partial charge in [-0.25, -0.2) is 4.39 Å². The summed E-state index contributed by atoms with van der Waals surface area (Å²) in [6.07, 6.45) is 0. The first-order valence-corrected chi connectivity index (χ1v) is 7.03. The Morgan fingerprint density at radius 1 is 1.19 bits per heavy atom. The third-order valence-corrected chi connectivity index (χ3v) is 2.89. The van der Waals surface area contributed by atoms with E-state index in [2.05, 4.69) is 0 Å². The zero-order chi connectivity index (χ0) is 15.7. The normalized spacial score (nSPS) is 10.6. The molecule has 0 bridgehead atoms. The molecule has 0 unspecified atom stereocenters. The van der Waals surface area contributed by atoms with E-state index in [1.807, 2.05) is 13.8 Å². The van der Waals surface area contributed by atoms with Gasteiger partial charge >= 0.3 is 0 Å². The van der Waals surface area contributed by atoms with Gasteiger partial charge in [-0.05, 0) is 26.0 Å². The molecule has 0 aliphatic rings. The van der Waals surface area contributed by atoms with E-state index >= 15 is 0 Å². The van der Waals surface area contributed by atoms with Crippen molar-refractivity contribution in [3.05, 3.63) is 29.6 Å². The second-order valence-electron chi connectivity index (χ2n) is 4.35. The molecule has 1 rings (SSSR count). The topological polar surface area (TPSA) is 59.0 Å². The van der Waals surface area contributed by atoms with E-state index < -0.39 is 11.7 Å². The number of nitrogens with zero attached hydrogens (tertiary/aromatic N) is 1. The van der Waals surface area contributed by atoms with Crippen molar-refractivity contribution < 1.29 is 23.8 Å². The number of aromatic hydroxyl groups is 1. The summed E-state index contributed by atoms with van der Waals surface area (Å²) >= 11 is 0. The Kier molecular flexibility index (Phi) is 7.71. The van der Waals surface area contributed by atoms with Crippen molar-refractivity contribution in [3.63, 3.8) is 0 Å². The van der Waals surface area contributed by atoms with Crippen LogP contribution in [-0.4, -0.2) is 55.4 Å². The summed E-state index contributed by atoms with van der Waals surface area (Å²) in [5.74, 6) is -1.39. The van der Waals surface area contributed by atoms with Gasteiger partial charge in [0.2, 0.25) is 0 Å². The standard InChI is InChI=1S/C15H22FNO4/c1-3-20-9-7-17(8-10-21-4-2)15(19)13-6-5-12(18)11-14(13)16/h5-6,11,18H,3-4,7-10H2,1-2H3. The van der Waals surface area contributed by atoms with Crippen LogP contribution in [0.4, 0.5) is 4.39 Å². The van der Waals surface area contributed by atoms with Crippen molar-refractivity contribution in [2.75, 3.05) is 39.5 Å². The Labute approximate surface area is 124 Å². The molecular weight excluding hydrogens is 277 g/mol. The van der Waals surface area contributed by atoms with Crippen LogP contribution < -0.4 is 0 Å². The van der Waals surface area contributed by atoms with Gasteiger partial charge in [0.1, 0.15) is 11.6 Å². The number of carbonyl (C=O) groups is 1. The zero-order valence-corrected chi connectivity index (χ0v) is 12.5. The number of phenolic OH excluding ortho intramolecular Hbond substituents is 1. The first-order chi connectivity index (χ1) is 10.1. The molecule has 0 heterocycles. The summed E-state index contributed by atoms with van der Waals surface area (Å²) in [5.41, 5.74) is -0.0687. The summed E-state index contributed by atoms with van der Waals surface area (Å²) in [6.45, 7) is 6.34. The number of hydrogen-bond acceptors (Lipinski definition) is 4. The highest BCUT2D eigenvalue weighted by Gasteiger charge is 2.19. The molecule has 1 aromatic rings. The van der Waals surface area contributed by atoms with Crippen LogP contribution in [-0.2, 0) is 9.47 Å². The molecule has 0 aromatic heterocycles. The maximum atomic E-state index is 13.8. The van der Waals surface area contributed by atoms with Gasteiger partial charge in [-0.3, -0.25) is 4.79 Å². The molecule has 21 heavy (non-hydrogen) atoms. The van der Waals surface area contributed by atoms with Crippen LogP contribution in [0.15, 0.2) is 18.2 Å². The first-order valence-electron chi connectivity index (χ1n) is 7.03. The van der Waals surface area contributed by atoms with Crippen molar-refractivity contribution in [1.29, 1.82) is 0 Å². The minimum absolute atomic E-state index is 0.0687. The average molecular weight is 299 g/mol. The number of benzene rings is 1. The number of phenols is 1. The van der Waals surface area contributed by atoms with Crippen LogP contribution in [0.25, 0.3) is 0 Å². The average Bonchev–Trinajstić information content (AvgIpc) is 2.45. The van der Waals surface area contributed by atoms with Crippen molar-refractivity contribution in [3.8, 4) is 5.75 Å². The second kappa shape index (κ2) is 9.31. The largest absolute Gasteiger partial charge is 0.508 e. The number of amides is 1. The van der Waals surface area contributed by atoms with Gasteiger partial charge in [0, 0.05) is 32.4 Å². The SMILES string of the molecule is CCOCCN(CCOCC)C(=O)c1ccc(O)cc1F. The lowest BCUT2D eigenvalue weighted by molar-refractivity contribution is 0.0546. The molecule has 5 nitrogen and oxygen atoms in total. The third kappa shape index (κ3) is 5.69. The molecule has 1 N–H and O–H groups in total. The van der Waals surface area contributed by atoms with E-state index in [9.17, 15) is 14.3 Å². The molecule has 0 aliphatic heterocycles. The van der Waals surface area contributed by atoms with E-state index in [1.54, 1.807) is 0 Å². The van der Waals surface area contributed by atoms with Gasteiger partial charge in [-0.1, -0.05) is 0 Å². The van der Waals surface area contributed by atoms with E-state index in [0.717, 1.165) is 6.07 Å². The van der Waals surface area contributed by atoms with Crippen molar-refractivity contribution in [1.82, 2.24) is 4.90 Å². The lowest BCUT2D eigenvalue weighted by atomic mass is 10.1. The van der Waals surface area contributed by atoms with E-state index in [-0.39, 0.29) is 11.3 Å². The Hall–Kier alpha value is -1.66. The van der Waals surface area contributed by atoms with Crippen LogP contribution >= 0.6 is 0 Å². The molecule has 0 saturated heterocycles. The molecular formula is C15H22FNO4. The summed E-state index contributed by atoms with van der Waals surface area (Å²) in [5, 5.41) is 9.20. The number of carbonyl (C=O) groups excluding carboxylic acids is 1. The molecule has 118 valence electrons. The minimum Gasteiger partial charge on any atom is -0.508 e. The first kappa shape index (κ1) is 17.4. The predicted octanol–water partition coefficient (Wildman–Crippen LogP) is 2.05. The zero-order valence-electron chi connectivity index (χ0n) is 12.5. The fourth-order valence-corrected chi connectivity index (χ4v) is 1.80. The smallest absolute Gasteiger partial charge is 0.256 e. The highest BCUT2D eigenvalue weighted by Crippen LogP contribution is 2.16. The van der Waals surface area contributed by atoms with Crippen molar-refractivity contribution in [2.24, 2.45) is 0 Å². The number of rotatable bonds is 9. The van der Waals surface area contributed by atoms with Crippen LogP contribution in [0.5, 0.6) is 5.75 Å². The Morgan fingerprint density at radius 2 is 1.76 bits per heavy atom. The van der Waals surface area contributed by atoms with Gasteiger partial charge < -0.3 is 19.5 Å². The summed E-state index contributed by atoms with van der Waals surface area (Å²) in [4.78, 5) is 13.8. The molecule has 0 aliphatic carbocycles. The van der Waals surface area contributed by atoms with E-state index in [1.165, 1.54) is 17.0 Å². The molecule has 0 saturated carbocycles. The fourth-order valence-electron chi connectivity index (χ4n) is 1.80. The highest BCUT2D eigenvalue weighted by atomic mass is 19.1. The van der Waals surface area contributed by atoms with Crippen LogP contribution in [0.2, 0.25) is 0 Å². The third-order valence-electron chi connectivity index (χ3n) is 2.89. The maximum absolute atomic E-state index is 13.8. The number of halogens is 1. The molecule has 0 atom stereocenters. The summed E-state index contributed by atoms with van der Waals surface area (Å²) in [6, 6.07) is 3.50. The fraction of sp³-hybridized carbons (Fsp3) is 0.533. The summed E-state index contributed by atoms with van der Waals surface area (Å²) in [7, 11) is 0. The Balaban J connectivity index is 2.76. The Bertz CT molecular complexity index is 443. The lowest BCUT2D eigenvalue weighted by Gasteiger charge is -2.22. The number of ether oxygens (including phenoxy) is 2. The van der Waals surface area contributed by atoms with E-state index in [4.69, 9.17) is 9.47 Å². The monoisotopic (exact) mass is 299 g/mol. The summed E-state index contributed by atoms with van der Waals surface area (Å²) < 4.78 is 24.2. The van der Waals surface area contributed by atoms with Gasteiger partial charge in [0.25, 0.3) is 5.91 Å². The molecule has 6 heteroatoms. The molecule has 0 fully saturated rings. The molecule has 0 radical (unpaired) electrons. The molecule has 1 aromatic carbocycles. The van der Waals surface area contributed by atoms with Crippen LogP contribution in [0, 0.1) is 5.82 Å². The molecule has 0 spiro atoms. The van der Waals surface area contributed by atoms with Crippen molar-refractivity contribution >= 4 is 5.91 Å². The van der Waals surface area contributed by atoms with Crippen LogP contribution in [0.3, 0.4) is 0 Å². The van der Waals surface area contributed by atoms with Gasteiger partial charge in [-0.15, -0.1) is 0 Å².